The molecular weight excluding hydrogens is 391 g/mol. The molecule has 31 heavy (non-hydrogen) atoms. The summed E-state index contributed by atoms with van der Waals surface area (Å²) in [5.74, 6) is 0.398. The number of halogens is 1. The maximum Gasteiger partial charge on any atom is 0.127 e. The first-order chi connectivity index (χ1) is 15.0. The van der Waals surface area contributed by atoms with Crippen LogP contribution in [0.4, 0.5) is 4.39 Å². The van der Waals surface area contributed by atoms with Crippen molar-refractivity contribution >= 4 is 0 Å². The normalized spacial score (nSPS) is 12.7. The summed E-state index contributed by atoms with van der Waals surface area (Å²) in [4.78, 5) is 3.36. The number of ether oxygens (including phenoxy) is 2. The second-order valence-corrected chi connectivity index (χ2v) is 6.39. The maximum absolute atomic E-state index is 12.6. The Hall–Kier alpha value is -3.02. The Morgan fingerprint density at radius 2 is 1.84 bits per heavy atom. The Morgan fingerprint density at radius 3 is 2.32 bits per heavy atom. The van der Waals surface area contributed by atoms with E-state index in [1.165, 1.54) is 37.3 Å². The molecule has 1 atom stereocenters. The van der Waals surface area contributed by atoms with Gasteiger partial charge in [0.05, 0.1) is 18.7 Å². The van der Waals surface area contributed by atoms with Crippen molar-refractivity contribution < 1.29 is 13.9 Å². The first-order valence-electron chi connectivity index (χ1n) is 10.3. The van der Waals surface area contributed by atoms with Gasteiger partial charge in [-0.05, 0) is 67.9 Å². The molecule has 3 rings (SSSR count). The van der Waals surface area contributed by atoms with Crippen molar-refractivity contribution in [1.82, 2.24) is 4.98 Å². The second-order valence-electron chi connectivity index (χ2n) is 6.39. The first-order valence-corrected chi connectivity index (χ1v) is 10.3. The fraction of sp³-hybridized carbons (Fsp3) is 0.423. The van der Waals surface area contributed by atoms with Gasteiger partial charge in [0.25, 0.3) is 0 Å². The van der Waals surface area contributed by atoms with Gasteiger partial charge < -0.3 is 14.5 Å². The van der Waals surface area contributed by atoms with Gasteiger partial charge in [-0.3, -0.25) is 0 Å². The van der Waals surface area contributed by atoms with Crippen LogP contribution in [0.2, 0.25) is 0 Å². The van der Waals surface area contributed by atoms with Gasteiger partial charge in [0.1, 0.15) is 11.9 Å². The smallest absolute Gasteiger partial charge is 0.127 e. The molecule has 1 unspecified atom stereocenters. The molecule has 0 saturated carbocycles. The lowest BCUT2D eigenvalue weighted by Crippen LogP contribution is -2.18. The van der Waals surface area contributed by atoms with Crippen LogP contribution in [-0.2, 0) is 22.3 Å². The summed E-state index contributed by atoms with van der Waals surface area (Å²) in [6.45, 7) is 14.7. The molecule has 1 N–H and O–H groups in total. The maximum atomic E-state index is 12.6. The fourth-order valence-corrected chi connectivity index (χ4v) is 2.92. The minimum atomic E-state index is -0.320. The number of hydrogen-bond donors (Lipinski definition) is 1. The molecule has 170 valence electrons. The molecule has 1 aromatic carbocycles. The van der Waals surface area contributed by atoms with Gasteiger partial charge in [0, 0.05) is 25.6 Å². The third-order valence-corrected chi connectivity index (χ3v) is 4.42. The van der Waals surface area contributed by atoms with Gasteiger partial charge in [-0.1, -0.05) is 26.3 Å². The Kier molecular flexibility index (Phi) is 18.5. The van der Waals surface area contributed by atoms with Crippen LogP contribution in [0.3, 0.4) is 0 Å². The second kappa shape index (κ2) is 19.0. The summed E-state index contributed by atoms with van der Waals surface area (Å²) in [5.41, 5.74) is 5.34. The SMILES string of the molecule is C#COC.C=C.CC.COCC1CCc2c(C)c[nH]c2C1.Cc1ccc(C#N)cc1F. The van der Waals surface area contributed by atoms with Crippen LogP contribution in [0.25, 0.3) is 0 Å². The van der Waals surface area contributed by atoms with Crippen molar-refractivity contribution in [2.45, 2.75) is 47.0 Å². The van der Waals surface area contributed by atoms with Crippen LogP contribution in [-0.4, -0.2) is 25.8 Å². The molecule has 1 aliphatic carbocycles. The van der Waals surface area contributed by atoms with Crippen molar-refractivity contribution in [2.75, 3.05) is 20.8 Å². The van der Waals surface area contributed by atoms with Crippen LogP contribution in [0.1, 0.15) is 48.2 Å². The van der Waals surface area contributed by atoms with Crippen LogP contribution in [0, 0.1) is 49.4 Å². The molecule has 0 radical (unpaired) electrons. The number of methoxy groups -OCH3 is 2. The molecule has 0 fully saturated rings. The quantitative estimate of drug-likeness (QED) is 0.462. The van der Waals surface area contributed by atoms with Crippen molar-refractivity contribution in [3.05, 3.63) is 71.3 Å². The molecule has 0 bridgehead atoms. The molecule has 5 heteroatoms. The van der Waals surface area contributed by atoms with Crippen molar-refractivity contribution in [3.8, 4) is 18.6 Å². The van der Waals surface area contributed by atoms with Gasteiger partial charge in [-0.15, -0.1) is 13.2 Å². The zero-order valence-corrected chi connectivity index (χ0v) is 19.8. The standard InChI is InChI=1S/C11H17NO.C8H6FN.C3H4O.C2H6.C2H4/c1-8-6-12-11-5-9(7-13-2)3-4-10(8)11;1-6-2-3-7(5-10)4-8(6)9;1-3-4-2;2*1-2/h6,9,12H,3-5,7H2,1-2H3;2-4H,1H3;1H,2H3;1-2H3;1-2H2. The lowest BCUT2D eigenvalue weighted by atomic mass is 9.87. The van der Waals surface area contributed by atoms with E-state index in [0.29, 0.717) is 11.1 Å². The number of benzene rings is 1. The Bertz CT molecular complexity index is 816. The lowest BCUT2D eigenvalue weighted by Gasteiger charge is -2.21. The highest BCUT2D eigenvalue weighted by Crippen LogP contribution is 2.27. The van der Waals surface area contributed by atoms with Gasteiger partial charge in [0.15, 0.2) is 0 Å². The number of nitrogens with one attached hydrogen (secondary N) is 1. The number of nitrogens with zero attached hydrogens (tertiary/aromatic N) is 1. The number of aryl methyl sites for hydroxylation is 2. The van der Waals surface area contributed by atoms with E-state index in [-0.39, 0.29) is 5.82 Å². The summed E-state index contributed by atoms with van der Waals surface area (Å²) < 4.78 is 21.9. The highest BCUT2D eigenvalue weighted by atomic mass is 19.1. The summed E-state index contributed by atoms with van der Waals surface area (Å²) in [6, 6.07) is 6.27. The van der Waals surface area contributed by atoms with Crippen LogP contribution < -0.4 is 0 Å². The van der Waals surface area contributed by atoms with E-state index in [1.54, 1.807) is 31.7 Å². The van der Waals surface area contributed by atoms with Crippen LogP contribution in [0.5, 0.6) is 0 Å². The molecule has 0 amide bonds. The Labute approximate surface area is 188 Å². The van der Waals surface area contributed by atoms with E-state index < -0.39 is 0 Å². The number of fused-ring (bicyclic) bond motifs is 1. The largest absolute Gasteiger partial charge is 0.450 e. The van der Waals surface area contributed by atoms with E-state index in [1.807, 2.05) is 26.0 Å². The van der Waals surface area contributed by atoms with E-state index >= 15 is 0 Å². The number of hydrogen-bond acceptors (Lipinski definition) is 3. The third kappa shape index (κ3) is 11.7. The zero-order chi connectivity index (χ0) is 24.2. The van der Waals surface area contributed by atoms with E-state index in [4.69, 9.17) is 10.00 Å². The molecule has 1 aliphatic rings. The van der Waals surface area contributed by atoms with Gasteiger partial charge >= 0.3 is 0 Å². The number of terminal acetylenes is 1. The lowest BCUT2D eigenvalue weighted by molar-refractivity contribution is 0.144. The van der Waals surface area contributed by atoms with E-state index in [9.17, 15) is 4.39 Å². The number of rotatable bonds is 2. The van der Waals surface area contributed by atoms with Crippen molar-refractivity contribution in [2.24, 2.45) is 5.92 Å². The van der Waals surface area contributed by atoms with Gasteiger partial charge in [0.2, 0.25) is 0 Å². The number of nitriles is 1. The first kappa shape index (κ1) is 30.2. The van der Waals surface area contributed by atoms with E-state index in [2.05, 4.69) is 42.4 Å². The minimum absolute atomic E-state index is 0.320. The summed E-state index contributed by atoms with van der Waals surface area (Å²) >= 11 is 0. The predicted molar refractivity (Wildman–Crippen MR) is 127 cm³/mol. The molecule has 4 nitrogen and oxygen atoms in total. The monoisotopic (exact) mass is 428 g/mol. The van der Waals surface area contributed by atoms with Crippen LogP contribution in [0.15, 0.2) is 37.6 Å². The molecule has 0 aliphatic heterocycles. The molecule has 1 heterocycles. The topological polar surface area (TPSA) is 58.0 Å². The number of aromatic amines is 1. The van der Waals surface area contributed by atoms with Crippen molar-refractivity contribution in [3.63, 3.8) is 0 Å². The van der Waals surface area contributed by atoms with Gasteiger partial charge in [-0.25, -0.2) is 4.39 Å². The minimum Gasteiger partial charge on any atom is -0.450 e. The zero-order valence-electron chi connectivity index (χ0n) is 19.8. The fourth-order valence-electron chi connectivity index (χ4n) is 2.92. The molecule has 2 aromatic rings. The highest BCUT2D eigenvalue weighted by Gasteiger charge is 2.20. The predicted octanol–water partition coefficient (Wildman–Crippen LogP) is 6.13. The Balaban J connectivity index is 0. The number of aromatic nitrogens is 1. The Morgan fingerprint density at radius 1 is 1.23 bits per heavy atom. The molecule has 1 aromatic heterocycles. The highest BCUT2D eigenvalue weighted by molar-refractivity contribution is 5.32. The van der Waals surface area contributed by atoms with Crippen LogP contribution >= 0.6 is 0 Å². The average Bonchev–Trinajstić information content (AvgIpc) is 3.19. The number of H-pyrrole nitrogens is 1. The summed E-state index contributed by atoms with van der Waals surface area (Å²) in [7, 11) is 3.23. The van der Waals surface area contributed by atoms with Gasteiger partial charge in [-0.2, -0.15) is 5.26 Å². The molecule has 0 saturated heterocycles. The molecule has 0 spiro atoms. The van der Waals surface area contributed by atoms with Crippen molar-refractivity contribution in [1.29, 1.82) is 5.26 Å². The summed E-state index contributed by atoms with van der Waals surface area (Å²) in [6.07, 6.45) is 12.3. The van der Waals surface area contributed by atoms with E-state index in [0.717, 1.165) is 18.9 Å². The summed E-state index contributed by atoms with van der Waals surface area (Å²) in [5, 5.41) is 8.34. The average molecular weight is 429 g/mol. The molecular formula is C26H37FN2O2. The third-order valence-electron chi connectivity index (χ3n) is 4.42.